The molecule has 3 N–H and O–H groups in total. The minimum Gasteiger partial charge on any atom is -0.493 e. The Kier molecular flexibility index (Phi) is 6.70. The topological polar surface area (TPSA) is 68.9 Å². The van der Waals surface area contributed by atoms with E-state index in [0.717, 1.165) is 11.5 Å². The van der Waals surface area contributed by atoms with E-state index >= 15 is 0 Å². The third-order valence-corrected chi connectivity index (χ3v) is 2.60. The van der Waals surface area contributed by atoms with Crippen LogP contribution in [0.2, 0.25) is 0 Å². The van der Waals surface area contributed by atoms with Gasteiger partial charge in [0.05, 0.1) is 13.7 Å². The molecular formula is C15H25N3O2. The van der Waals surface area contributed by atoms with Crippen LogP contribution in [0.1, 0.15) is 20.8 Å². The predicted octanol–water partition coefficient (Wildman–Crippen LogP) is 2.02. The number of ether oxygens (including phenoxy) is 2. The number of methoxy groups -OCH3 is 1. The maximum absolute atomic E-state index is 5.75. The van der Waals surface area contributed by atoms with Crippen LogP contribution in [0.4, 0.5) is 0 Å². The summed E-state index contributed by atoms with van der Waals surface area (Å²) in [5.41, 5.74) is 5.75. The molecule has 112 valence electrons. The number of nitrogens with two attached hydrogens (primary N) is 1. The van der Waals surface area contributed by atoms with Crippen molar-refractivity contribution < 1.29 is 9.47 Å². The van der Waals surface area contributed by atoms with Gasteiger partial charge in [-0.2, -0.15) is 0 Å². The summed E-state index contributed by atoms with van der Waals surface area (Å²) < 4.78 is 11.0. The summed E-state index contributed by atoms with van der Waals surface area (Å²) in [6.45, 7) is 7.31. The molecule has 0 aliphatic rings. The van der Waals surface area contributed by atoms with Gasteiger partial charge >= 0.3 is 0 Å². The van der Waals surface area contributed by atoms with Crippen molar-refractivity contribution in [3.05, 3.63) is 24.3 Å². The van der Waals surface area contributed by atoms with E-state index in [1.54, 1.807) is 7.11 Å². The van der Waals surface area contributed by atoms with Crippen LogP contribution < -0.4 is 20.5 Å². The van der Waals surface area contributed by atoms with Gasteiger partial charge in [0.2, 0.25) is 0 Å². The van der Waals surface area contributed by atoms with Crippen LogP contribution in [0, 0.1) is 5.92 Å². The molecule has 0 aliphatic heterocycles. The van der Waals surface area contributed by atoms with Crippen molar-refractivity contribution in [3.8, 4) is 11.5 Å². The van der Waals surface area contributed by atoms with E-state index in [-0.39, 0.29) is 5.92 Å². The van der Waals surface area contributed by atoms with E-state index in [1.807, 2.05) is 38.1 Å². The van der Waals surface area contributed by atoms with Crippen molar-refractivity contribution >= 4 is 5.96 Å². The van der Waals surface area contributed by atoms with Gasteiger partial charge in [-0.15, -0.1) is 0 Å². The number of nitrogens with one attached hydrogen (secondary N) is 1. The SMILES string of the molecule is COc1ccccc1OCC(C)CN=C(N)NC(C)C. The maximum Gasteiger partial charge on any atom is 0.188 e. The van der Waals surface area contributed by atoms with Gasteiger partial charge in [0.15, 0.2) is 17.5 Å². The van der Waals surface area contributed by atoms with Crippen molar-refractivity contribution in [1.29, 1.82) is 0 Å². The first-order valence-corrected chi connectivity index (χ1v) is 6.85. The zero-order valence-corrected chi connectivity index (χ0v) is 12.7. The standard InChI is InChI=1S/C15H25N3O2/c1-11(2)18-15(16)17-9-12(3)10-20-14-8-6-5-7-13(14)19-4/h5-8,11-12H,9-10H2,1-4H3,(H3,16,17,18). The average Bonchev–Trinajstić information content (AvgIpc) is 2.42. The molecule has 1 aromatic carbocycles. The Morgan fingerprint density at radius 2 is 1.90 bits per heavy atom. The molecule has 5 heteroatoms. The second-order valence-corrected chi connectivity index (χ2v) is 5.09. The number of benzene rings is 1. The van der Waals surface area contributed by atoms with Crippen molar-refractivity contribution in [1.82, 2.24) is 5.32 Å². The Bertz CT molecular complexity index is 433. The molecule has 1 unspecified atom stereocenters. The smallest absolute Gasteiger partial charge is 0.188 e. The summed E-state index contributed by atoms with van der Waals surface area (Å²) in [7, 11) is 1.63. The van der Waals surface area contributed by atoms with E-state index in [0.29, 0.717) is 25.2 Å². The molecule has 1 atom stereocenters. The fourth-order valence-electron chi connectivity index (χ4n) is 1.62. The molecule has 0 spiro atoms. The highest BCUT2D eigenvalue weighted by Crippen LogP contribution is 2.26. The first kappa shape index (κ1) is 16.1. The highest BCUT2D eigenvalue weighted by atomic mass is 16.5. The average molecular weight is 279 g/mol. The molecule has 0 aromatic heterocycles. The number of rotatable bonds is 7. The predicted molar refractivity (Wildman–Crippen MR) is 82.4 cm³/mol. The quantitative estimate of drug-likeness (QED) is 0.592. The second kappa shape index (κ2) is 8.30. The first-order chi connectivity index (χ1) is 9.52. The Labute approximate surface area is 121 Å². The first-order valence-electron chi connectivity index (χ1n) is 6.85. The van der Waals surface area contributed by atoms with Crippen LogP contribution in [0.15, 0.2) is 29.3 Å². The van der Waals surface area contributed by atoms with Gasteiger partial charge in [-0.1, -0.05) is 19.1 Å². The number of hydrogen-bond acceptors (Lipinski definition) is 3. The van der Waals surface area contributed by atoms with E-state index in [9.17, 15) is 0 Å². The number of nitrogens with zero attached hydrogens (tertiary/aromatic N) is 1. The molecule has 0 saturated heterocycles. The molecule has 0 saturated carbocycles. The third-order valence-electron chi connectivity index (χ3n) is 2.60. The van der Waals surface area contributed by atoms with E-state index in [1.165, 1.54) is 0 Å². The van der Waals surface area contributed by atoms with E-state index in [4.69, 9.17) is 15.2 Å². The van der Waals surface area contributed by atoms with Crippen molar-refractivity contribution in [3.63, 3.8) is 0 Å². The lowest BCUT2D eigenvalue weighted by Gasteiger charge is -2.14. The summed E-state index contributed by atoms with van der Waals surface area (Å²) in [6.07, 6.45) is 0. The minimum absolute atomic E-state index is 0.271. The molecule has 0 fully saturated rings. The molecule has 0 amide bonds. The molecule has 20 heavy (non-hydrogen) atoms. The molecular weight excluding hydrogens is 254 g/mol. The molecule has 5 nitrogen and oxygen atoms in total. The largest absolute Gasteiger partial charge is 0.493 e. The Morgan fingerprint density at radius 1 is 1.25 bits per heavy atom. The van der Waals surface area contributed by atoms with Gasteiger partial charge in [-0.3, -0.25) is 4.99 Å². The third kappa shape index (κ3) is 5.82. The summed E-state index contributed by atoms with van der Waals surface area (Å²) >= 11 is 0. The number of aliphatic imine (C=N–C) groups is 1. The summed E-state index contributed by atoms with van der Waals surface area (Å²) in [6, 6.07) is 7.90. The van der Waals surface area contributed by atoms with Crippen LogP contribution in [-0.2, 0) is 0 Å². The van der Waals surface area contributed by atoms with E-state index < -0.39 is 0 Å². The van der Waals surface area contributed by atoms with Gasteiger partial charge in [0.25, 0.3) is 0 Å². The Morgan fingerprint density at radius 3 is 2.50 bits per heavy atom. The molecule has 0 bridgehead atoms. The fraction of sp³-hybridized carbons (Fsp3) is 0.533. The number of guanidine groups is 1. The summed E-state index contributed by atoms with van der Waals surface area (Å²) in [5.74, 6) is 2.24. The zero-order valence-electron chi connectivity index (χ0n) is 12.7. The summed E-state index contributed by atoms with van der Waals surface area (Å²) in [4.78, 5) is 4.29. The molecule has 1 aromatic rings. The van der Waals surface area contributed by atoms with Crippen LogP contribution in [-0.4, -0.2) is 32.3 Å². The van der Waals surface area contributed by atoms with Crippen LogP contribution in [0.25, 0.3) is 0 Å². The summed E-state index contributed by atoms with van der Waals surface area (Å²) in [5, 5.41) is 3.06. The Balaban J connectivity index is 2.41. The lowest BCUT2D eigenvalue weighted by atomic mass is 10.2. The lowest BCUT2D eigenvalue weighted by Crippen LogP contribution is -2.37. The van der Waals surface area contributed by atoms with Crippen molar-refractivity contribution in [2.45, 2.75) is 26.8 Å². The van der Waals surface area contributed by atoms with Gasteiger partial charge < -0.3 is 20.5 Å². The number of hydrogen-bond donors (Lipinski definition) is 2. The number of para-hydroxylation sites is 2. The monoisotopic (exact) mass is 279 g/mol. The normalized spacial score (nSPS) is 13.2. The van der Waals surface area contributed by atoms with Crippen molar-refractivity contribution in [2.24, 2.45) is 16.6 Å². The highest BCUT2D eigenvalue weighted by molar-refractivity contribution is 5.78. The zero-order chi connectivity index (χ0) is 15.0. The van der Waals surface area contributed by atoms with Gasteiger partial charge in [-0.05, 0) is 26.0 Å². The van der Waals surface area contributed by atoms with Crippen LogP contribution >= 0.6 is 0 Å². The molecule has 0 radical (unpaired) electrons. The maximum atomic E-state index is 5.75. The lowest BCUT2D eigenvalue weighted by molar-refractivity contribution is 0.251. The van der Waals surface area contributed by atoms with Crippen LogP contribution in [0.5, 0.6) is 11.5 Å². The molecule has 0 aliphatic carbocycles. The van der Waals surface area contributed by atoms with E-state index in [2.05, 4.69) is 17.2 Å². The fourth-order valence-corrected chi connectivity index (χ4v) is 1.62. The second-order valence-electron chi connectivity index (χ2n) is 5.09. The van der Waals surface area contributed by atoms with Gasteiger partial charge in [0, 0.05) is 18.5 Å². The van der Waals surface area contributed by atoms with Gasteiger partial charge in [-0.25, -0.2) is 0 Å². The minimum atomic E-state index is 0.271. The Hall–Kier alpha value is -1.91. The van der Waals surface area contributed by atoms with Crippen LogP contribution in [0.3, 0.4) is 0 Å². The molecule has 1 rings (SSSR count). The van der Waals surface area contributed by atoms with Gasteiger partial charge in [0.1, 0.15) is 0 Å². The highest BCUT2D eigenvalue weighted by Gasteiger charge is 2.07. The van der Waals surface area contributed by atoms with Crippen molar-refractivity contribution in [2.75, 3.05) is 20.3 Å². The molecule has 0 heterocycles.